The van der Waals surface area contributed by atoms with Gasteiger partial charge in [0.2, 0.25) is 0 Å². The average Bonchev–Trinajstić information content (AvgIpc) is 3.41. The fourth-order valence-electron chi connectivity index (χ4n) is 4.76. The first-order valence-corrected chi connectivity index (χ1v) is 9.99. The molecule has 27 heavy (non-hydrogen) atoms. The summed E-state index contributed by atoms with van der Waals surface area (Å²) in [5.41, 5.74) is 1.31. The standard InChI is InChI=1S/C21H28N4O2/c22-9-6-21(7-10-24(11-8-21)20(26)27)25-14-16(15-25)13-23-19-12-18(19)17-4-2-1-3-5-17/h1-5,16,18-19,23H,6-8,10-15H2,(H,26,27). The Hall–Kier alpha value is -2.10. The second-order valence-electron chi connectivity index (χ2n) is 8.37. The van der Waals surface area contributed by atoms with Gasteiger partial charge in [-0.05, 0) is 30.7 Å². The summed E-state index contributed by atoms with van der Waals surface area (Å²) in [6, 6.07) is 13.7. The third kappa shape index (κ3) is 3.80. The molecule has 2 atom stereocenters. The predicted octanol–water partition coefficient (Wildman–Crippen LogP) is 2.49. The fourth-order valence-corrected chi connectivity index (χ4v) is 4.76. The molecule has 3 aliphatic rings. The molecule has 0 radical (unpaired) electrons. The van der Waals surface area contributed by atoms with Gasteiger partial charge in [-0.25, -0.2) is 4.79 Å². The first kappa shape index (κ1) is 18.3. The summed E-state index contributed by atoms with van der Waals surface area (Å²) >= 11 is 0. The minimum atomic E-state index is -0.844. The van der Waals surface area contributed by atoms with Gasteiger partial charge >= 0.3 is 6.09 Å². The van der Waals surface area contributed by atoms with Crippen LogP contribution in [0.25, 0.3) is 0 Å². The molecule has 2 saturated heterocycles. The predicted molar refractivity (Wildman–Crippen MR) is 102 cm³/mol. The summed E-state index contributed by atoms with van der Waals surface area (Å²) < 4.78 is 0. The van der Waals surface area contributed by atoms with Crippen molar-refractivity contribution in [1.82, 2.24) is 15.1 Å². The van der Waals surface area contributed by atoms with E-state index in [9.17, 15) is 10.1 Å². The zero-order chi connectivity index (χ0) is 18.9. The molecule has 3 fully saturated rings. The summed E-state index contributed by atoms with van der Waals surface area (Å²) in [4.78, 5) is 15.1. The molecule has 2 aliphatic heterocycles. The summed E-state index contributed by atoms with van der Waals surface area (Å²) in [6.07, 6.45) is 2.42. The Labute approximate surface area is 160 Å². The van der Waals surface area contributed by atoms with Crippen LogP contribution in [0.15, 0.2) is 30.3 Å². The van der Waals surface area contributed by atoms with E-state index in [0.29, 0.717) is 37.4 Å². The van der Waals surface area contributed by atoms with Gasteiger partial charge in [0, 0.05) is 50.2 Å². The monoisotopic (exact) mass is 368 g/mol. The number of likely N-dealkylation sites (tertiary alicyclic amines) is 2. The summed E-state index contributed by atoms with van der Waals surface area (Å²) in [6.45, 7) is 4.15. The second-order valence-corrected chi connectivity index (χ2v) is 8.37. The number of nitriles is 1. The lowest BCUT2D eigenvalue weighted by Crippen LogP contribution is -2.64. The Kier molecular flexibility index (Phi) is 5.07. The molecule has 1 saturated carbocycles. The van der Waals surface area contributed by atoms with Gasteiger partial charge in [0.25, 0.3) is 0 Å². The van der Waals surface area contributed by atoms with Gasteiger partial charge in [-0.15, -0.1) is 0 Å². The Morgan fingerprint density at radius 1 is 1.26 bits per heavy atom. The summed E-state index contributed by atoms with van der Waals surface area (Å²) in [5, 5.41) is 22.2. The number of amides is 1. The Morgan fingerprint density at radius 3 is 2.59 bits per heavy atom. The van der Waals surface area contributed by atoms with E-state index in [-0.39, 0.29) is 5.54 Å². The fraction of sp³-hybridized carbons (Fsp3) is 0.619. The van der Waals surface area contributed by atoms with E-state index in [0.717, 1.165) is 32.5 Å². The summed E-state index contributed by atoms with van der Waals surface area (Å²) in [7, 11) is 0. The van der Waals surface area contributed by atoms with Crippen LogP contribution in [0, 0.1) is 17.2 Å². The van der Waals surface area contributed by atoms with Gasteiger partial charge in [0.15, 0.2) is 0 Å². The molecule has 2 N–H and O–H groups in total. The first-order chi connectivity index (χ1) is 13.1. The number of carbonyl (C=O) groups is 1. The molecule has 4 rings (SSSR count). The van der Waals surface area contributed by atoms with Crippen LogP contribution < -0.4 is 5.32 Å². The van der Waals surface area contributed by atoms with Crippen LogP contribution in [-0.2, 0) is 0 Å². The van der Waals surface area contributed by atoms with Crippen LogP contribution in [0.2, 0.25) is 0 Å². The van der Waals surface area contributed by atoms with Crippen molar-refractivity contribution in [3.8, 4) is 6.07 Å². The van der Waals surface area contributed by atoms with E-state index in [4.69, 9.17) is 5.11 Å². The SMILES string of the molecule is N#CCC1(N2CC(CNC3CC3c3ccccc3)C2)CCN(C(=O)O)CC1. The largest absolute Gasteiger partial charge is 0.465 e. The van der Waals surface area contributed by atoms with Gasteiger partial charge in [-0.3, -0.25) is 4.90 Å². The number of hydrogen-bond donors (Lipinski definition) is 2. The number of benzene rings is 1. The molecule has 2 unspecified atom stereocenters. The molecule has 144 valence electrons. The Balaban J connectivity index is 1.23. The minimum absolute atomic E-state index is 0.122. The maximum Gasteiger partial charge on any atom is 0.407 e. The lowest BCUT2D eigenvalue weighted by atomic mass is 9.79. The zero-order valence-corrected chi connectivity index (χ0v) is 15.7. The number of carboxylic acid groups (broad SMARTS) is 1. The van der Waals surface area contributed by atoms with Crippen molar-refractivity contribution >= 4 is 6.09 Å². The third-order valence-corrected chi connectivity index (χ3v) is 6.69. The molecular formula is C21H28N4O2. The van der Waals surface area contributed by atoms with Crippen LogP contribution in [-0.4, -0.2) is 65.3 Å². The second kappa shape index (κ2) is 7.49. The van der Waals surface area contributed by atoms with E-state index in [2.05, 4.69) is 46.6 Å². The lowest BCUT2D eigenvalue weighted by Gasteiger charge is -2.54. The third-order valence-electron chi connectivity index (χ3n) is 6.69. The van der Waals surface area contributed by atoms with Crippen LogP contribution in [0.4, 0.5) is 4.79 Å². The molecule has 0 aromatic heterocycles. The highest BCUT2D eigenvalue weighted by Crippen LogP contribution is 2.41. The molecule has 2 heterocycles. The van der Waals surface area contributed by atoms with Crippen LogP contribution in [0.3, 0.4) is 0 Å². The Morgan fingerprint density at radius 2 is 1.96 bits per heavy atom. The van der Waals surface area contributed by atoms with Crippen molar-refractivity contribution < 1.29 is 9.90 Å². The van der Waals surface area contributed by atoms with Crippen molar-refractivity contribution in [3.63, 3.8) is 0 Å². The van der Waals surface area contributed by atoms with Gasteiger partial charge in [0.05, 0.1) is 12.5 Å². The zero-order valence-electron chi connectivity index (χ0n) is 15.7. The topological polar surface area (TPSA) is 79.6 Å². The molecule has 6 nitrogen and oxygen atoms in total. The highest BCUT2D eigenvalue weighted by atomic mass is 16.4. The molecule has 6 heteroatoms. The normalized spacial score (nSPS) is 27.6. The smallest absolute Gasteiger partial charge is 0.407 e. The number of piperidine rings is 1. The van der Waals surface area contributed by atoms with E-state index >= 15 is 0 Å². The minimum Gasteiger partial charge on any atom is -0.465 e. The molecule has 1 aromatic carbocycles. The van der Waals surface area contributed by atoms with Crippen LogP contribution >= 0.6 is 0 Å². The summed E-state index contributed by atoms with van der Waals surface area (Å²) in [5.74, 6) is 1.29. The van der Waals surface area contributed by atoms with E-state index in [1.165, 1.54) is 16.9 Å². The molecular weight excluding hydrogens is 340 g/mol. The number of nitrogens with zero attached hydrogens (tertiary/aromatic N) is 3. The molecule has 0 bridgehead atoms. The van der Waals surface area contributed by atoms with Crippen molar-refractivity contribution in [3.05, 3.63) is 35.9 Å². The number of hydrogen-bond acceptors (Lipinski definition) is 4. The molecule has 1 aromatic rings. The van der Waals surface area contributed by atoms with Crippen molar-refractivity contribution in [1.29, 1.82) is 5.26 Å². The maximum atomic E-state index is 11.2. The average molecular weight is 368 g/mol. The highest BCUT2D eigenvalue weighted by Gasteiger charge is 2.46. The maximum absolute atomic E-state index is 11.2. The number of nitrogens with one attached hydrogen (secondary N) is 1. The lowest BCUT2D eigenvalue weighted by molar-refractivity contribution is -0.0454. The van der Waals surface area contributed by atoms with Gasteiger partial charge in [-0.2, -0.15) is 5.26 Å². The van der Waals surface area contributed by atoms with Crippen molar-refractivity contribution in [2.24, 2.45) is 5.92 Å². The quantitative estimate of drug-likeness (QED) is 0.806. The molecule has 1 aliphatic carbocycles. The first-order valence-electron chi connectivity index (χ1n) is 9.99. The molecule has 1 amide bonds. The van der Waals surface area contributed by atoms with E-state index in [1.807, 2.05) is 0 Å². The van der Waals surface area contributed by atoms with Crippen LogP contribution in [0.5, 0.6) is 0 Å². The van der Waals surface area contributed by atoms with E-state index in [1.54, 1.807) is 0 Å². The highest BCUT2D eigenvalue weighted by molar-refractivity contribution is 5.65. The number of rotatable bonds is 6. The Bertz CT molecular complexity index is 703. The van der Waals surface area contributed by atoms with Crippen LogP contribution in [0.1, 0.15) is 37.2 Å². The van der Waals surface area contributed by atoms with Crippen molar-refractivity contribution in [2.45, 2.75) is 43.2 Å². The molecule has 0 spiro atoms. The van der Waals surface area contributed by atoms with Gasteiger partial charge in [0.1, 0.15) is 0 Å². The van der Waals surface area contributed by atoms with Crippen molar-refractivity contribution in [2.75, 3.05) is 32.7 Å². The van der Waals surface area contributed by atoms with E-state index < -0.39 is 6.09 Å². The van der Waals surface area contributed by atoms with Gasteiger partial charge < -0.3 is 15.3 Å². The van der Waals surface area contributed by atoms with Gasteiger partial charge in [-0.1, -0.05) is 30.3 Å².